The lowest BCUT2D eigenvalue weighted by Gasteiger charge is -2.04. The van der Waals surface area contributed by atoms with E-state index in [0.717, 1.165) is 6.07 Å². The zero-order valence-corrected chi connectivity index (χ0v) is 11.1. The van der Waals surface area contributed by atoms with Gasteiger partial charge in [-0.05, 0) is 18.2 Å². The maximum atomic E-state index is 13.6. The number of hydrogen-bond acceptors (Lipinski definition) is 3. The summed E-state index contributed by atoms with van der Waals surface area (Å²) >= 11 is 8.88. The highest BCUT2D eigenvalue weighted by molar-refractivity contribution is 9.10. The summed E-state index contributed by atoms with van der Waals surface area (Å²) in [5.74, 6) is -0.526. The van der Waals surface area contributed by atoms with Crippen LogP contribution in [0, 0.1) is 15.9 Å². The van der Waals surface area contributed by atoms with Crippen LogP contribution in [0.3, 0.4) is 0 Å². The normalized spacial score (nSPS) is 10.4. The number of hydrogen-bond donors (Lipinski definition) is 0. The van der Waals surface area contributed by atoms with Gasteiger partial charge < -0.3 is 0 Å². The molecule has 92 valence electrons. The van der Waals surface area contributed by atoms with Crippen molar-refractivity contribution in [2.45, 2.75) is 0 Å². The Morgan fingerprint density at radius 1 is 1.33 bits per heavy atom. The van der Waals surface area contributed by atoms with E-state index in [1.54, 1.807) is 0 Å². The van der Waals surface area contributed by atoms with Gasteiger partial charge in [-0.2, -0.15) is 0 Å². The van der Waals surface area contributed by atoms with E-state index in [2.05, 4.69) is 20.9 Å². The summed E-state index contributed by atoms with van der Waals surface area (Å²) in [5, 5.41) is 10.6. The van der Waals surface area contributed by atoms with E-state index < -0.39 is 10.7 Å². The lowest BCUT2D eigenvalue weighted by Crippen LogP contribution is -1.93. The summed E-state index contributed by atoms with van der Waals surface area (Å²) in [6.07, 6.45) is 0. The zero-order chi connectivity index (χ0) is 13.3. The van der Waals surface area contributed by atoms with Crippen molar-refractivity contribution in [3.8, 4) is 11.3 Å². The molecule has 0 radical (unpaired) electrons. The van der Waals surface area contributed by atoms with Crippen LogP contribution < -0.4 is 0 Å². The van der Waals surface area contributed by atoms with E-state index in [4.69, 9.17) is 11.6 Å². The Kier molecular flexibility index (Phi) is 3.58. The molecule has 0 atom stereocenters. The summed E-state index contributed by atoms with van der Waals surface area (Å²) in [4.78, 5) is 14.0. The van der Waals surface area contributed by atoms with Crippen molar-refractivity contribution in [1.82, 2.24) is 4.98 Å². The molecular weight excluding hydrogens is 326 g/mol. The molecule has 0 saturated heterocycles. The summed E-state index contributed by atoms with van der Waals surface area (Å²) in [5.41, 5.74) is 0.0346. The first-order valence-electron chi connectivity index (χ1n) is 4.75. The fourth-order valence-electron chi connectivity index (χ4n) is 1.42. The molecule has 0 unspecified atom stereocenters. The van der Waals surface area contributed by atoms with Gasteiger partial charge in [0.1, 0.15) is 11.0 Å². The molecule has 1 aromatic carbocycles. The number of aromatic nitrogens is 1. The second-order valence-corrected chi connectivity index (χ2v) is 4.72. The lowest BCUT2D eigenvalue weighted by atomic mass is 10.1. The van der Waals surface area contributed by atoms with Gasteiger partial charge in [-0.1, -0.05) is 27.5 Å². The summed E-state index contributed by atoms with van der Waals surface area (Å²) < 4.78 is 14.3. The highest BCUT2D eigenvalue weighted by Crippen LogP contribution is 2.29. The van der Waals surface area contributed by atoms with Crippen LogP contribution in [0.5, 0.6) is 0 Å². The molecule has 0 amide bonds. The van der Waals surface area contributed by atoms with Crippen molar-refractivity contribution in [2.24, 2.45) is 0 Å². The van der Waals surface area contributed by atoms with Gasteiger partial charge in [0.2, 0.25) is 0 Å². The minimum Gasteiger partial charge on any atom is -0.258 e. The van der Waals surface area contributed by atoms with Crippen LogP contribution in [-0.2, 0) is 0 Å². The molecule has 0 fully saturated rings. The Labute approximate surface area is 115 Å². The predicted molar refractivity (Wildman–Crippen MR) is 69.0 cm³/mol. The SMILES string of the molecule is O=[N+]([O-])c1cc(Cl)nc(-c2cc(Br)ccc2F)c1. The van der Waals surface area contributed by atoms with Gasteiger partial charge in [-0.3, -0.25) is 10.1 Å². The predicted octanol–water partition coefficient (Wildman–Crippen LogP) is 4.21. The first-order chi connectivity index (χ1) is 8.47. The fraction of sp³-hybridized carbons (Fsp3) is 0. The third-order valence-electron chi connectivity index (χ3n) is 2.19. The molecule has 0 aliphatic rings. The second kappa shape index (κ2) is 4.99. The molecule has 0 bridgehead atoms. The molecule has 2 aromatic rings. The number of benzene rings is 1. The highest BCUT2D eigenvalue weighted by Gasteiger charge is 2.14. The van der Waals surface area contributed by atoms with Gasteiger partial charge in [0, 0.05) is 16.1 Å². The van der Waals surface area contributed by atoms with Crippen LogP contribution >= 0.6 is 27.5 Å². The van der Waals surface area contributed by atoms with Crippen molar-refractivity contribution < 1.29 is 9.31 Å². The zero-order valence-electron chi connectivity index (χ0n) is 8.73. The Balaban J connectivity index is 2.63. The van der Waals surface area contributed by atoms with Crippen LogP contribution in [0.25, 0.3) is 11.3 Å². The molecule has 2 rings (SSSR count). The van der Waals surface area contributed by atoms with Crippen LogP contribution in [-0.4, -0.2) is 9.91 Å². The molecule has 0 N–H and O–H groups in total. The summed E-state index contributed by atoms with van der Waals surface area (Å²) in [6.45, 7) is 0. The standard InChI is InChI=1S/C11H5BrClFN2O2/c12-6-1-2-9(14)8(3-6)10-4-7(16(17)18)5-11(13)15-10/h1-5H. The van der Waals surface area contributed by atoms with Gasteiger partial charge >= 0.3 is 0 Å². The van der Waals surface area contributed by atoms with Crippen molar-refractivity contribution in [3.05, 3.63) is 55.9 Å². The van der Waals surface area contributed by atoms with Crippen molar-refractivity contribution >= 4 is 33.2 Å². The minimum absolute atomic E-state index is 0.0569. The Morgan fingerprint density at radius 3 is 2.72 bits per heavy atom. The molecule has 4 nitrogen and oxygen atoms in total. The quantitative estimate of drug-likeness (QED) is 0.470. The monoisotopic (exact) mass is 330 g/mol. The van der Waals surface area contributed by atoms with Gasteiger partial charge in [-0.25, -0.2) is 9.37 Å². The minimum atomic E-state index is -0.604. The molecule has 0 spiro atoms. The van der Waals surface area contributed by atoms with E-state index in [0.29, 0.717) is 4.47 Å². The summed E-state index contributed by atoms with van der Waals surface area (Å²) in [7, 11) is 0. The van der Waals surface area contributed by atoms with E-state index in [-0.39, 0.29) is 22.1 Å². The number of rotatable bonds is 2. The largest absolute Gasteiger partial charge is 0.274 e. The Hall–Kier alpha value is -1.53. The molecule has 0 aliphatic heterocycles. The number of nitro groups is 1. The first kappa shape index (κ1) is 12.9. The Morgan fingerprint density at radius 2 is 2.06 bits per heavy atom. The topological polar surface area (TPSA) is 56.0 Å². The average molecular weight is 332 g/mol. The van der Waals surface area contributed by atoms with Crippen LogP contribution in [0.4, 0.5) is 10.1 Å². The highest BCUT2D eigenvalue weighted by atomic mass is 79.9. The van der Waals surface area contributed by atoms with Crippen molar-refractivity contribution in [3.63, 3.8) is 0 Å². The van der Waals surface area contributed by atoms with E-state index in [1.807, 2.05) is 0 Å². The van der Waals surface area contributed by atoms with Gasteiger partial charge in [-0.15, -0.1) is 0 Å². The van der Waals surface area contributed by atoms with Crippen molar-refractivity contribution in [2.75, 3.05) is 0 Å². The first-order valence-corrected chi connectivity index (χ1v) is 5.92. The van der Waals surface area contributed by atoms with E-state index in [1.165, 1.54) is 24.3 Å². The van der Waals surface area contributed by atoms with E-state index >= 15 is 0 Å². The number of pyridine rings is 1. The second-order valence-electron chi connectivity index (χ2n) is 3.41. The maximum Gasteiger partial charge on any atom is 0.274 e. The van der Waals surface area contributed by atoms with Crippen LogP contribution in [0.15, 0.2) is 34.8 Å². The fourth-order valence-corrected chi connectivity index (χ4v) is 1.98. The number of nitrogens with zero attached hydrogens (tertiary/aromatic N) is 2. The van der Waals surface area contributed by atoms with Gasteiger partial charge in [0.05, 0.1) is 16.7 Å². The smallest absolute Gasteiger partial charge is 0.258 e. The molecule has 7 heteroatoms. The molecule has 18 heavy (non-hydrogen) atoms. The van der Waals surface area contributed by atoms with Crippen LogP contribution in [0.2, 0.25) is 5.15 Å². The third kappa shape index (κ3) is 2.65. The maximum absolute atomic E-state index is 13.6. The Bertz CT molecular complexity index is 636. The molecule has 0 saturated carbocycles. The average Bonchev–Trinajstić information content (AvgIpc) is 2.31. The molecule has 1 heterocycles. The number of halogens is 3. The van der Waals surface area contributed by atoms with Crippen molar-refractivity contribution in [1.29, 1.82) is 0 Å². The van der Waals surface area contributed by atoms with Gasteiger partial charge in [0.15, 0.2) is 0 Å². The molecule has 0 aliphatic carbocycles. The van der Waals surface area contributed by atoms with Crippen LogP contribution in [0.1, 0.15) is 0 Å². The summed E-state index contributed by atoms with van der Waals surface area (Å²) in [6, 6.07) is 6.54. The molecular formula is C11H5BrClFN2O2. The van der Waals surface area contributed by atoms with Gasteiger partial charge in [0.25, 0.3) is 5.69 Å². The third-order valence-corrected chi connectivity index (χ3v) is 2.88. The van der Waals surface area contributed by atoms with E-state index in [9.17, 15) is 14.5 Å². The lowest BCUT2D eigenvalue weighted by molar-refractivity contribution is -0.384. The molecule has 1 aromatic heterocycles.